The molecule has 0 saturated carbocycles. The predicted molar refractivity (Wildman–Crippen MR) is 117 cm³/mol. The molecule has 1 fully saturated rings. The Morgan fingerprint density at radius 2 is 1.87 bits per heavy atom. The zero-order chi connectivity index (χ0) is 23.0. The second-order valence-corrected chi connectivity index (χ2v) is 9.53. The maximum absolute atomic E-state index is 13.4. The summed E-state index contributed by atoms with van der Waals surface area (Å²) in [7, 11) is 0. The van der Waals surface area contributed by atoms with E-state index in [0.29, 0.717) is 37.0 Å². The van der Waals surface area contributed by atoms with E-state index in [9.17, 15) is 13.2 Å². The monoisotopic (exact) mass is 457 g/mol. The van der Waals surface area contributed by atoms with Gasteiger partial charge in [0.1, 0.15) is 10.7 Å². The topological polar surface area (TPSA) is 67.9 Å². The molecule has 3 rings (SSSR count). The molecule has 0 radical (unpaired) electrons. The van der Waals surface area contributed by atoms with E-state index >= 15 is 0 Å². The highest BCUT2D eigenvalue weighted by Gasteiger charge is 2.43. The van der Waals surface area contributed by atoms with Crippen LogP contribution in [0, 0.1) is 0 Å². The number of halogens is 4. The van der Waals surface area contributed by atoms with Crippen molar-refractivity contribution >= 4 is 17.5 Å². The minimum Gasteiger partial charge on any atom is -0.336 e. The van der Waals surface area contributed by atoms with Gasteiger partial charge in [-0.3, -0.25) is 0 Å². The molecule has 2 aliphatic rings. The van der Waals surface area contributed by atoms with Crippen LogP contribution in [-0.4, -0.2) is 39.8 Å². The van der Waals surface area contributed by atoms with E-state index in [1.807, 2.05) is 13.8 Å². The van der Waals surface area contributed by atoms with Crippen LogP contribution < -0.4 is 10.6 Å². The third kappa shape index (κ3) is 4.75. The Bertz CT molecular complexity index is 865. The Labute approximate surface area is 187 Å². The number of nitrogens with two attached hydrogens (primary N) is 1. The number of aromatic nitrogens is 3. The van der Waals surface area contributed by atoms with Crippen molar-refractivity contribution in [2.45, 2.75) is 88.3 Å². The molecule has 0 bridgehead atoms. The van der Waals surface area contributed by atoms with Gasteiger partial charge < -0.3 is 10.6 Å². The SMILES string of the molecule is CCC1CC(N)CN1c1nc(C2(C)C=CC=C(C(F)(F)F)C2)nc(C(Cl)(CC)CC)n1. The summed E-state index contributed by atoms with van der Waals surface area (Å²) in [6.07, 6.45) is 2.50. The molecule has 1 aromatic rings. The van der Waals surface area contributed by atoms with Gasteiger partial charge in [0.05, 0.1) is 0 Å². The molecule has 0 aromatic carbocycles. The fourth-order valence-corrected chi connectivity index (χ4v) is 4.42. The quantitative estimate of drug-likeness (QED) is 0.598. The fraction of sp³-hybridized carbons (Fsp3) is 0.682. The predicted octanol–water partition coefficient (Wildman–Crippen LogP) is 5.15. The summed E-state index contributed by atoms with van der Waals surface area (Å²) in [4.78, 5) is 15.3. The van der Waals surface area contributed by atoms with E-state index < -0.39 is 22.0 Å². The van der Waals surface area contributed by atoms with Gasteiger partial charge in [0.25, 0.3) is 0 Å². The van der Waals surface area contributed by atoms with Crippen LogP contribution in [0.15, 0.2) is 23.8 Å². The van der Waals surface area contributed by atoms with Crippen LogP contribution in [-0.2, 0) is 10.3 Å². The van der Waals surface area contributed by atoms with Crippen LogP contribution in [0.2, 0.25) is 0 Å². The third-order valence-corrected chi connectivity index (χ3v) is 7.22. The van der Waals surface area contributed by atoms with E-state index in [-0.39, 0.29) is 18.5 Å². The van der Waals surface area contributed by atoms with Crippen molar-refractivity contribution in [3.63, 3.8) is 0 Å². The molecule has 1 aliphatic heterocycles. The first-order valence-corrected chi connectivity index (χ1v) is 11.3. The summed E-state index contributed by atoms with van der Waals surface area (Å²) in [5.41, 5.74) is 4.58. The molecule has 0 amide bonds. The van der Waals surface area contributed by atoms with Gasteiger partial charge in [0, 0.05) is 29.6 Å². The lowest BCUT2D eigenvalue weighted by Gasteiger charge is -2.32. The van der Waals surface area contributed by atoms with E-state index in [0.717, 1.165) is 18.9 Å². The Balaban J connectivity index is 2.12. The molecular formula is C22H31ClF3N5. The summed E-state index contributed by atoms with van der Waals surface area (Å²) in [6.45, 7) is 8.30. The van der Waals surface area contributed by atoms with Crippen LogP contribution in [0.25, 0.3) is 0 Å². The largest absolute Gasteiger partial charge is 0.412 e. The lowest BCUT2D eigenvalue weighted by molar-refractivity contribution is -0.0955. The van der Waals surface area contributed by atoms with Gasteiger partial charge in [-0.15, -0.1) is 11.6 Å². The number of allylic oxidation sites excluding steroid dienone is 4. The molecule has 9 heteroatoms. The van der Waals surface area contributed by atoms with Crippen molar-refractivity contribution in [2.75, 3.05) is 11.4 Å². The van der Waals surface area contributed by atoms with Crippen LogP contribution in [0.5, 0.6) is 0 Å². The summed E-state index contributed by atoms with van der Waals surface area (Å²) in [6, 6.07) is 0.170. The van der Waals surface area contributed by atoms with E-state index in [4.69, 9.17) is 22.3 Å². The third-order valence-electron chi connectivity index (χ3n) is 6.51. The summed E-state index contributed by atoms with van der Waals surface area (Å²) >= 11 is 6.86. The number of hydrogen-bond acceptors (Lipinski definition) is 5. The van der Waals surface area contributed by atoms with Crippen LogP contribution in [0.3, 0.4) is 0 Å². The van der Waals surface area contributed by atoms with Gasteiger partial charge in [-0.05, 0) is 39.0 Å². The molecule has 1 saturated heterocycles. The minimum atomic E-state index is -4.40. The smallest absolute Gasteiger partial charge is 0.336 e. The molecule has 3 unspecified atom stereocenters. The van der Waals surface area contributed by atoms with Crippen molar-refractivity contribution in [2.24, 2.45) is 5.73 Å². The van der Waals surface area contributed by atoms with Crippen molar-refractivity contribution < 1.29 is 13.2 Å². The van der Waals surface area contributed by atoms with Gasteiger partial charge in [-0.25, -0.2) is 4.98 Å². The number of nitrogens with zero attached hydrogens (tertiary/aromatic N) is 4. The Kier molecular flexibility index (Phi) is 6.73. The van der Waals surface area contributed by atoms with Gasteiger partial charge in [0.2, 0.25) is 5.95 Å². The molecule has 172 valence electrons. The maximum Gasteiger partial charge on any atom is 0.412 e. The van der Waals surface area contributed by atoms with Crippen molar-refractivity contribution in [1.29, 1.82) is 0 Å². The van der Waals surface area contributed by atoms with E-state index in [2.05, 4.69) is 21.8 Å². The molecule has 1 aromatic heterocycles. The number of alkyl halides is 4. The van der Waals surface area contributed by atoms with Gasteiger partial charge in [-0.2, -0.15) is 23.1 Å². The lowest BCUT2D eigenvalue weighted by Crippen LogP contribution is -2.36. The maximum atomic E-state index is 13.4. The molecular weight excluding hydrogens is 427 g/mol. The number of anilines is 1. The molecule has 0 spiro atoms. The molecule has 2 N–H and O–H groups in total. The summed E-state index contributed by atoms with van der Waals surface area (Å²) < 4.78 is 40.3. The molecule has 2 heterocycles. The van der Waals surface area contributed by atoms with Gasteiger partial charge in [0.15, 0.2) is 5.82 Å². The highest BCUT2D eigenvalue weighted by molar-refractivity contribution is 6.23. The van der Waals surface area contributed by atoms with Crippen LogP contribution in [0.4, 0.5) is 19.1 Å². The standard InChI is InChI=1S/C22H31ClF3N5/c1-5-16-11-15(27)13-31(16)19-29-17(28-18(30-19)21(23,6-2)7-3)20(4)10-8-9-14(12-20)22(24,25)26/h8-10,15-16H,5-7,11-13,27H2,1-4H3. The first-order valence-electron chi connectivity index (χ1n) is 10.9. The molecule has 5 nitrogen and oxygen atoms in total. The molecule has 3 atom stereocenters. The van der Waals surface area contributed by atoms with E-state index in [1.165, 1.54) is 6.08 Å². The second kappa shape index (κ2) is 8.70. The first-order chi connectivity index (χ1) is 14.5. The normalized spacial score (nSPS) is 27.0. The number of hydrogen-bond donors (Lipinski definition) is 1. The first kappa shape index (κ1) is 24.0. The lowest BCUT2D eigenvalue weighted by atomic mass is 9.79. The highest BCUT2D eigenvalue weighted by atomic mass is 35.5. The Morgan fingerprint density at radius 3 is 2.45 bits per heavy atom. The highest BCUT2D eigenvalue weighted by Crippen LogP contribution is 2.42. The van der Waals surface area contributed by atoms with Crippen molar-refractivity contribution in [3.8, 4) is 0 Å². The molecule has 31 heavy (non-hydrogen) atoms. The average Bonchev–Trinajstić information content (AvgIpc) is 3.13. The van der Waals surface area contributed by atoms with Crippen LogP contribution in [0.1, 0.15) is 71.4 Å². The Hall–Kier alpha value is -1.67. The summed E-state index contributed by atoms with van der Waals surface area (Å²) in [5.74, 6) is 1.16. The van der Waals surface area contributed by atoms with E-state index in [1.54, 1.807) is 13.0 Å². The second-order valence-electron chi connectivity index (χ2n) is 8.81. The van der Waals surface area contributed by atoms with Gasteiger partial charge in [-0.1, -0.05) is 39.0 Å². The van der Waals surface area contributed by atoms with Crippen molar-refractivity contribution in [1.82, 2.24) is 15.0 Å². The molecule has 1 aliphatic carbocycles. The van der Waals surface area contributed by atoms with Crippen LogP contribution >= 0.6 is 11.6 Å². The minimum absolute atomic E-state index is 0.00310. The number of rotatable bonds is 6. The average molecular weight is 458 g/mol. The zero-order valence-corrected chi connectivity index (χ0v) is 19.3. The fourth-order valence-electron chi connectivity index (χ4n) is 4.34. The zero-order valence-electron chi connectivity index (χ0n) is 18.5. The Morgan fingerprint density at radius 1 is 1.19 bits per heavy atom. The van der Waals surface area contributed by atoms with Crippen molar-refractivity contribution in [3.05, 3.63) is 35.4 Å². The van der Waals surface area contributed by atoms with Gasteiger partial charge >= 0.3 is 6.18 Å². The summed E-state index contributed by atoms with van der Waals surface area (Å²) in [5, 5.41) is 0.